The summed E-state index contributed by atoms with van der Waals surface area (Å²) in [4.78, 5) is 9.76. The summed E-state index contributed by atoms with van der Waals surface area (Å²) < 4.78 is 2.10. The Morgan fingerprint density at radius 1 is 0.950 bits per heavy atom. The van der Waals surface area contributed by atoms with E-state index in [4.69, 9.17) is 0 Å². The third-order valence-electron chi connectivity index (χ3n) is 3.31. The molecular formula is C16H11N3S. The number of aromatic nitrogens is 3. The molecule has 0 aliphatic rings. The van der Waals surface area contributed by atoms with E-state index in [1.54, 1.807) is 11.3 Å². The summed E-state index contributed by atoms with van der Waals surface area (Å²) in [5.41, 5.74) is 6.27. The van der Waals surface area contributed by atoms with E-state index >= 15 is 0 Å². The molecule has 3 aromatic heterocycles. The Bertz CT molecular complexity index is 848. The van der Waals surface area contributed by atoms with E-state index in [-0.39, 0.29) is 0 Å². The fraction of sp³-hybridized carbons (Fsp3) is 0. The number of hydrogen-bond donors (Lipinski definition) is 0. The van der Waals surface area contributed by atoms with Crippen molar-refractivity contribution in [2.45, 2.75) is 0 Å². The number of imidazole rings is 1. The molecule has 0 aliphatic carbocycles. The maximum absolute atomic E-state index is 4.50. The van der Waals surface area contributed by atoms with Crippen LogP contribution in [0.5, 0.6) is 0 Å². The van der Waals surface area contributed by atoms with Crippen molar-refractivity contribution in [3.63, 3.8) is 0 Å². The zero-order chi connectivity index (χ0) is 13.4. The van der Waals surface area contributed by atoms with E-state index in [1.807, 2.05) is 36.1 Å². The number of rotatable bonds is 2. The van der Waals surface area contributed by atoms with Gasteiger partial charge in [0.1, 0.15) is 5.65 Å². The Morgan fingerprint density at radius 2 is 1.85 bits per heavy atom. The molecule has 3 heterocycles. The lowest BCUT2D eigenvalue weighted by atomic mass is 10.1. The standard InChI is InChI=1S/C16H11N3S/c1-2-4-12(5-3-1)13-6-7-19-14(9-18-16(19)8-13)15-10-17-11-20-15/h1-11H. The monoisotopic (exact) mass is 277 g/mol. The molecule has 96 valence electrons. The van der Waals surface area contributed by atoms with E-state index in [1.165, 1.54) is 11.1 Å². The normalized spacial score (nSPS) is 11.0. The molecule has 0 atom stereocenters. The van der Waals surface area contributed by atoms with Gasteiger partial charge in [-0.15, -0.1) is 11.3 Å². The second kappa shape index (κ2) is 4.58. The highest BCUT2D eigenvalue weighted by atomic mass is 32.1. The van der Waals surface area contributed by atoms with Gasteiger partial charge in [-0.05, 0) is 23.3 Å². The van der Waals surface area contributed by atoms with E-state index < -0.39 is 0 Å². The van der Waals surface area contributed by atoms with E-state index in [0.717, 1.165) is 16.2 Å². The maximum atomic E-state index is 4.50. The SMILES string of the molecule is c1ccc(-c2ccn3c(-c4cncs4)cnc3c2)cc1. The number of fused-ring (bicyclic) bond motifs is 1. The molecule has 4 aromatic rings. The Morgan fingerprint density at radius 3 is 2.65 bits per heavy atom. The van der Waals surface area contributed by atoms with Crippen LogP contribution in [0.4, 0.5) is 0 Å². The van der Waals surface area contributed by atoms with Gasteiger partial charge in [-0.1, -0.05) is 30.3 Å². The van der Waals surface area contributed by atoms with Gasteiger partial charge in [0, 0.05) is 12.4 Å². The average molecular weight is 277 g/mol. The molecule has 20 heavy (non-hydrogen) atoms. The topological polar surface area (TPSA) is 30.2 Å². The van der Waals surface area contributed by atoms with Crippen molar-refractivity contribution in [3.8, 4) is 21.7 Å². The molecule has 4 heteroatoms. The highest BCUT2D eigenvalue weighted by Gasteiger charge is 2.08. The van der Waals surface area contributed by atoms with Crippen molar-refractivity contribution in [1.82, 2.24) is 14.4 Å². The van der Waals surface area contributed by atoms with E-state index in [2.05, 4.69) is 44.8 Å². The first-order valence-corrected chi connectivity index (χ1v) is 7.21. The minimum absolute atomic E-state index is 0.953. The number of thiazole rings is 1. The molecule has 0 saturated heterocycles. The second-order valence-corrected chi connectivity index (χ2v) is 5.41. The lowest BCUT2D eigenvalue weighted by molar-refractivity contribution is 1.19. The van der Waals surface area contributed by atoms with Crippen LogP contribution in [0.15, 0.2) is 66.6 Å². The highest BCUT2D eigenvalue weighted by molar-refractivity contribution is 7.13. The predicted molar refractivity (Wildman–Crippen MR) is 81.7 cm³/mol. The van der Waals surface area contributed by atoms with Crippen LogP contribution in [-0.2, 0) is 0 Å². The maximum Gasteiger partial charge on any atom is 0.137 e. The van der Waals surface area contributed by atoms with Gasteiger partial charge in [0.15, 0.2) is 0 Å². The molecule has 4 rings (SSSR count). The van der Waals surface area contributed by atoms with Gasteiger partial charge in [0.05, 0.1) is 22.3 Å². The molecule has 0 N–H and O–H groups in total. The quantitative estimate of drug-likeness (QED) is 0.551. The summed E-state index contributed by atoms with van der Waals surface area (Å²) in [6.45, 7) is 0. The Hall–Kier alpha value is -2.46. The van der Waals surface area contributed by atoms with Crippen molar-refractivity contribution >= 4 is 17.0 Å². The number of pyridine rings is 1. The van der Waals surface area contributed by atoms with E-state index in [0.29, 0.717) is 0 Å². The summed E-state index contributed by atoms with van der Waals surface area (Å²) in [6.07, 6.45) is 5.84. The van der Waals surface area contributed by atoms with E-state index in [9.17, 15) is 0 Å². The highest BCUT2D eigenvalue weighted by Crippen LogP contribution is 2.26. The van der Waals surface area contributed by atoms with Crippen LogP contribution < -0.4 is 0 Å². The first-order valence-electron chi connectivity index (χ1n) is 6.33. The number of benzene rings is 1. The molecule has 0 amide bonds. The fourth-order valence-corrected chi connectivity index (χ4v) is 2.94. The summed E-state index contributed by atoms with van der Waals surface area (Å²) in [7, 11) is 0. The zero-order valence-electron chi connectivity index (χ0n) is 10.6. The Kier molecular flexibility index (Phi) is 2.60. The molecule has 0 aliphatic heterocycles. The Labute approximate surface area is 120 Å². The molecule has 0 fully saturated rings. The van der Waals surface area contributed by atoms with Gasteiger partial charge in [-0.25, -0.2) is 4.98 Å². The fourth-order valence-electron chi connectivity index (χ4n) is 2.32. The minimum atomic E-state index is 0.953. The van der Waals surface area contributed by atoms with Crippen LogP contribution in [0.2, 0.25) is 0 Å². The zero-order valence-corrected chi connectivity index (χ0v) is 11.4. The molecule has 0 unspecified atom stereocenters. The third-order valence-corrected chi connectivity index (χ3v) is 4.10. The molecule has 0 radical (unpaired) electrons. The average Bonchev–Trinajstić information content (AvgIpc) is 3.16. The lowest BCUT2D eigenvalue weighted by Gasteiger charge is -2.03. The van der Waals surface area contributed by atoms with Crippen molar-refractivity contribution in [2.75, 3.05) is 0 Å². The Balaban J connectivity index is 1.87. The van der Waals surface area contributed by atoms with Crippen molar-refractivity contribution in [2.24, 2.45) is 0 Å². The molecule has 0 saturated carbocycles. The first-order chi connectivity index (χ1) is 9.92. The van der Waals surface area contributed by atoms with Gasteiger partial charge in [-0.3, -0.25) is 9.38 Å². The van der Waals surface area contributed by atoms with Crippen molar-refractivity contribution in [3.05, 3.63) is 66.6 Å². The lowest BCUT2D eigenvalue weighted by Crippen LogP contribution is -1.87. The van der Waals surface area contributed by atoms with Crippen LogP contribution in [-0.4, -0.2) is 14.4 Å². The largest absolute Gasteiger partial charge is 0.299 e. The molecule has 0 spiro atoms. The molecule has 3 nitrogen and oxygen atoms in total. The minimum Gasteiger partial charge on any atom is -0.299 e. The van der Waals surface area contributed by atoms with Crippen LogP contribution in [0, 0.1) is 0 Å². The van der Waals surface area contributed by atoms with Gasteiger partial charge < -0.3 is 0 Å². The summed E-state index contributed by atoms with van der Waals surface area (Å²) in [5.74, 6) is 0. The van der Waals surface area contributed by atoms with Gasteiger partial charge in [-0.2, -0.15) is 0 Å². The van der Waals surface area contributed by atoms with Gasteiger partial charge in [0.2, 0.25) is 0 Å². The van der Waals surface area contributed by atoms with Crippen LogP contribution in [0.3, 0.4) is 0 Å². The summed E-state index contributed by atoms with van der Waals surface area (Å²) in [5, 5.41) is 0. The number of nitrogens with zero attached hydrogens (tertiary/aromatic N) is 3. The molecular weight excluding hydrogens is 266 g/mol. The van der Waals surface area contributed by atoms with Gasteiger partial charge >= 0.3 is 0 Å². The second-order valence-electron chi connectivity index (χ2n) is 4.52. The van der Waals surface area contributed by atoms with Crippen molar-refractivity contribution in [1.29, 1.82) is 0 Å². The van der Waals surface area contributed by atoms with Gasteiger partial charge in [0.25, 0.3) is 0 Å². The summed E-state index contributed by atoms with van der Waals surface area (Å²) >= 11 is 1.62. The predicted octanol–water partition coefficient (Wildman–Crippen LogP) is 4.12. The summed E-state index contributed by atoms with van der Waals surface area (Å²) in [6, 6.07) is 14.6. The van der Waals surface area contributed by atoms with Crippen LogP contribution in [0.25, 0.3) is 27.3 Å². The molecule has 0 bridgehead atoms. The third kappa shape index (κ3) is 1.82. The molecule has 1 aromatic carbocycles. The first kappa shape index (κ1) is 11.4. The number of hydrogen-bond acceptors (Lipinski definition) is 3. The van der Waals surface area contributed by atoms with Crippen LogP contribution >= 0.6 is 11.3 Å². The van der Waals surface area contributed by atoms with Crippen molar-refractivity contribution < 1.29 is 0 Å². The smallest absolute Gasteiger partial charge is 0.137 e. The van der Waals surface area contributed by atoms with Crippen LogP contribution in [0.1, 0.15) is 0 Å².